The number of non-ortho nitro benzene ring substituents is 1. The Morgan fingerprint density at radius 3 is 2.25 bits per heavy atom. The summed E-state index contributed by atoms with van der Waals surface area (Å²) in [5.74, 6) is -2.49. The summed E-state index contributed by atoms with van der Waals surface area (Å²) < 4.78 is 25.8. The van der Waals surface area contributed by atoms with Gasteiger partial charge in [-0.15, -0.1) is 0 Å². The Morgan fingerprint density at radius 2 is 1.70 bits per heavy atom. The topological polar surface area (TPSA) is 60.2 Å². The number of carbonyl (C=O) groups is 1. The molecule has 20 heavy (non-hydrogen) atoms. The van der Waals surface area contributed by atoms with Crippen molar-refractivity contribution in [2.45, 2.75) is 6.42 Å². The minimum Gasteiger partial charge on any atom is -0.294 e. The van der Waals surface area contributed by atoms with Crippen molar-refractivity contribution in [1.82, 2.24) is 0 Å². The van der Waals surface area contributed by atoms with Crippen LogP contribution in [0.1, 0.15) is 15.9 Å². The van der Waals surface area contributed by atoms with E-state index in [1.807, 2.05) is 0 Å². The number of hydrogen-bond acceptors (Lipinski definition) is 3. The van der Waals surface area contributed by atoms with Crippen molar-refractivity contribution in [2.75, 3.05) is 0 Å². The average molecular weight is 277 g/mol. The van der Waals surface area contributed by atoms with E-state index < -0.39 is 22.3 Å². The number of Topliss-reactive ketones (excluding diaryl/α,β-unsaturated/α-hetero) is 1. The summed E-state index contributed by atoms with van der Waals surface area (Å²) in [6.07, 6.45) is -0.0386. The molecule has 0 saturated carbocycles. The zero-order chi connectivity index (χ0) is 14.7. The van der Waals surface area contributed by atoms with E-state index in [1.54, 1.807) is 0 Å². The van der Waals surface area contributed by atoms with Crippen LogP contribution in [-0.2, 0) is 6.42 Å². The van der Waals surface area contributed by atoms with Gasteiger partial charge in [0.15, 0.2) is 17.4 Å². The highest BCUT2D eigenvalue weighted by Crippen LogP contribution is 2.15. The monoisotopic (exact) mass is 277 g/mol. The van der Waals surface area contributed by atoms with E-state index in [0.717, 1.165) is 12.1 Å². The number of nitrogens with zero attached hydrogens (tertiary/aromatic N) is 1. The van der Waals surface area contributed by atoms with Crippen LogP contribution in [0.4, 0.5) is 14.5 Å². The van der Waals surface area contributed by atoms with Crippen molar-refractivity contribution in [3.8, 4) is 0 Å². The van der Waals surface area contributed by atoms with Gasteiger partial charge in [-0.2, -0.15) is 0 Å². The Balaban J connectivity index is 2.14. The number of carbonyl (C=O) groups excluding carboxylic acids is 1. The number of benzene rings is 2. The first-order valence-corrected chi connectivity index (χ1v) is 5.69. The summed E-state index contributed by atoms with van der Waals surface area (Å²) in [5.41, 5.74) is 0.543. The molecule has 0 aliphatic heterocycles. The van der Waals surface area contributed by atoms with Crippen LogP contribution in [0.5, 0.6) is 0 Å². The number of rotatable bonds is 4. The highest BCUT2D eigenvalue weighted by molar-refractivity contribution is 5.97. The van der Waals surface area contributed by atoms with Crippen LogP contribution in [0.25, 0.3) is 0 Å². The van der Waals surface area contributed by atoms with E-state index in [4.69, 9.17) is 0 Å². The minimum absolute atomic E-state index is 0.0386. The molecule has 0 aliphatic carbocycles. The standard InChI is InChI=1S/C14H9F2NO3/c15-12-6-3-10(8-13(12)16)14(18)7-9-1-4-11(5-2-9)17(19)20/h1-6,8H,7H2. The van der Waals surface area contributed by atoms with E-state index in [1.165, 1.54) is 30.3 Å². The SMILES string of the molecule is O=C(Cc1ccc([N+](=O)[O-])cc1)c1ccc(F)c(F)c1. The fourth-order valence-electron chi connectivity index (χ4n) is 1.69. The molecule has 0 saturated heterocycles. The van der Waals surface area contributed by atoms with Gasteiger partial charge in [-0.1, -0.05) is 12.1 Å². The van der Waals surface area contributed by atoms with Crippen molar-refractivity contribution in [3.63, 3.8) is 0 Å². The third kappa shape index (κ3) is 3.03. The number of nitro groups is 1. The summed E-state index contributed by atoms with van der Waals surface area (Å²) in [7, 11) is 0. The zero-order valence-corrected chi connectivity index (χ0v) is 10.2. The Kier molecular flexibility index (Phi) is 3.84. The molecule has 102 valence electrons. The summed E-state index contributed by atoms with van der Waals surface area (Å²) >= 11 is 0. The van der Waals surface area contributed by atoms with Gasteiger partial charge >= 0.3 is 0 Å². The normalized spacial score (nSPS) is 10.3. The largest absolute Gasteiger partial charge is 0.294 e. The van der Waals surface area contributed by atoms with Gasteiger partial charge in [0.1, 0.15) is 0 Å². The van der Waals surface area contributed by atoms with Gasteiger partial charge < -0.3 is 0 Å². The maximum Gasteiger partial charge on any atom is 0.269 e. The second-order valence-corrected chi connectivity index (χ2v) is 4.15. The van der Waals surface area contributed by atoms with Crippen LogP contribution in [-0.4, -0.2) is 10.7 Å². The molecular formula is C14H9F2NO3. The lowest BCUT2D eigenvalue weighted by atomic mass is 10.0. The molecule has 0 amide bonds. The Morgan fingerprint density at radius 1 is 1.05 bits per heavy atom. The lowest BCUT2D eigenvalue weighted by molar-refractivity contribution is -0.384. The van der Waals surface area contributed by atoms with Crippen LogP contribution in [0.15, 0.2) is 42.5 Å². The summed E-state index contributed by atoms with van der Waals surface area (Å²) in [6.45, 7) is 0. The fraction of sp³-hybridized carbons (Fsp3) is 0.0714. The quantitative estimate of drug-likeness (QED) is 0.489. The maximum atomic E-state index is 13.0. The average Bonchev–Trinajstić information content (AvgIpc) is 2.42. The molecule has 6 heteroatoms. The molecule has 2 rings (SSSR count). The highest BCUT2D eigenvalue weighted by Gasteiger charge is 2.11. The molecule has 0 aliphatic rings. The van der Waals surface area contributed by atoms with Crippen LogP contribution in [0, 0.1) is 21.7 Å². The Labute approximate surface area is 112 Å². The predicted octanol–water partition coefficient (Wildman–Crippen LogP) is 3.30. The van der Waals surface area contributed by atoms with Crippen LogP contribution in [0.3, 0.4) is 0 Å². The lowest BCUT2D eigenvalue weighted by Crippen LogP contribution is -2.04. The van der Waals surface area contributed by atoms with E-state index >= 15 is 0 Å². The molecule has 2 aromatic carbocycles. The van der Waals surface area contributed by atoms with Crippen LogP contribution >= 0.6 is 0 Å². The van der Waals surface area contributed by atoms with Gasteiger partial charge in [-0.25, -0.2) is 8.78 Å². The molecular weight excluding hydrogens is 268 g/mol. The maximum absolute atomic E-state index is 13.0. The van der Waals surface area contributed by atoms with Gasteiger partial charge in [0.05, 0.1) is 4.92 Å². The van der Waals surface area contributed by atoms with Crippen molar-refractivity contribution in [3.05, 3.63) is 75.3 Å². The van der Waals surface area contributed by atoms with E-state index in [0.29, 0.717) is 5.56 Å². The summed E-state index contributed by atoms with van der Waals surface area (Å²) in [4.78, 5) is 21.8. The molecule has 0 atom stereocenters. The number of halogens is 2. The number of ketones is 1. The molecule has 0 radical (unpaired) electrons. The van der Waals surface area contributed by atoms with Crippen molar-refractivity contribution in [1.29, 1.82) is 0 Å². The molecule has 0 N–H and O–H groups in total. The number of nitro benzene ring substituents is 1. The Bertz CT molecular complexity index is 669. The van der Waals surface area contributed by atoms with Crippen molar-refractivity contribution >= 4 is 11.5 Å². The summed E-state index contributed by atoms with van der Waals surface area (Å²) in [5, 5.41) is 10.5. The first-order valence-electron chi connectivity index (χ1n) is 5.69. The van der Waals surface area contributed by atoms with E-state index in [9.17, 15) is 23.7 Å². The first kappa shape index (κ1) is 13.8. The lowest BCUT2D eigenvalue weighted by Gasteiger charge is -2.02. The first-order chi connectivity index (χ1) is 9.47. The van der Waals surface area contributed by atoms with Crippen LogP contribution < -0.4 is 0 Å². The smallest absolute Gasteiger partial charge is 0.269 e. The van der Waals surface area contributed by atoms with Gasteiger partial charge in [-0.05, 0) is 23.8 Å². The zero-order valence-electron chi connectivity index (χ0n) is 10.2. The molecule has 0 bridgehead atoms. The second-order valence-electron chi connectivity index (χ2n) is 4.15. The third-order valence-electron chi connectivity index (χ3n) is 2.75. The Hall–Kier alpha value is -2.63. The molecule has 0 heterocycles. The van der Waals surface area contributed by atoms with E-state index in [2.05, 4.69) is 0 Å². The van der Waals surface area contributed by atoms with Crippen molar-refractivity contribution < 1.29 is 18.5 Å². The molecule has 0 fully saturated rings. The molecule has 0 unspecified atom stereocenters. The molecule has 0 spiro atoms. The predicted molar refractivity (Wildman–Crippen MR) is 67.5 cm³/mol. The van der Waals surface area contributed by atoms with Gasteiger partial charge in [-0.3, -0.25) is 14.9 Å². The van der Waals surface area contributed by atoms with Crippen LogP contribution in [0.2, 0.25) is 0 Å². The number of hydrogen-bond donors (Lipinski definition) is 0. The fourth-order valence-corrected chi connectivity index (χ4v) is 1.69. The third-order valence-corrected chi connectivity index (χ3v) is 2.75. The summed E-state index contributed by atoms with van der Waals surface area (Å²) in [6, 6.07) is 8.40. The van der Waals surface area contributed by atoms with E-state index in [-0.39, 0.29) is 17.7 Å². The molecule has 2 aromatic rings. The van der Waals surface area contributed by atoms with Crippen molar-refractivity contribution in [2.24, 2.45) is 0 Å². The molecule has 0 aromatic heterocycles. The van der Waals surface area contributed by atoms with Gasteiger partial charge in [0.2, 0.25) is 0 Å². The van der Waals surface area contributed by atoms with Gasteiger partial charge in [0, 0.05) is 24.1 Å². The highest BCUT2D eigenvalue weighted by atomic mass is 19.2. The second kappa shape index (κ2) is 5.56. The molecule has 4 nitrogen and oxygen atoms in total. The van der Waals surface area contributed by atoms with Gasteiger partial charge in [0.25, 0.3) is 5.69 Å². The minimum atomic E-state index is -1.08.